The maximum atomic E-state index is 6.60. The van der Waals surface area contributed by atoms with E-state index in [0.717, 1.165) is 24.5 Å². The molecule has 0 saturated carbocycles. The van der Waals surface area contributed by atoms with Crippen LogP contribution < -0.4 is 5.73 Å². The first-order chi connectivity index (χ1) is 10.0. The van der Waals surface area contributed by atoms with Crippen LogP contribution in [-0.2, 0) is 0 Å². The highest BCUT2D eigenvalue weighted by Crippen LogP contribution is 2.29. The van der Waals surface area contributed by atoms with Gasteiger partial charge in [0.1, 0.15) is 0 Å². The van der Waals surface area contributed by atoms with Crippen LogP contribution in [0.5, 0.6) is 0 Å². The summed E-state index contributed by atoms with van der Waals surface area (Å²) in [5, 5.41) is 4.45. The Bertz CT molecular complexity index is 555. The molecule has 0 aliphatic rings. The van der Waals surface area contributed by atoms with Gasteiger partial charge in [0.05, 0.1) is 17.4 Å². The van der Waals surface area contributed by atoms with Gasteiger partial charge in [0.15, 0.2) is 0 Å². The van der Waals surface area contributed by atoms with Gasteiger partial charge in [-0.15, -0.1) is 0 Å². The Labute approximate surface area is 127 Å². The molecule has 0 saturated heterocycles. The zero-order chi connectivity index (χ0) is 15.5. The van der Waals surface area contributed by atoms with Gasteiger partial charge in [-0.1, -0.05) is 32.0 Å². The van der Waals surface area contributed by atoms with Crippen molar-refractivity contribution in [1.82, 2.24) is 14.7 Å². The summed E-state index contributed by atoms with van der Waals surface area (Å²) in [4.78, 5) is 2.39. The zero-order valence-corrected chi connectivity index (χ0v) is 13.5. The molecule has 2 aromatic rings. The van der Waals surface area contributed by atoms with Gasteiger partial charge >= 0.3 is 0 Å². The average molecular weight is 286 g/mol. The minimum atomic E-state index is -0.129. The largest absolute Gasteiger partial charge is 0.321 e. The number of nitrogens with two attached hydrogens (primary N) is 1. The van der Waals surface area contributed by atoms with Crippen molar-refractivity contribution in [3.8, 4) is 5.69 Å². The van der Waals surface area contributed by atoms with Crippen LogP contribution in [0.15, 0.2) is 42.6 Å². The lowest BCUT2D eigenvalue weighted by Crippen LogP contribution is -2.51. The van der Waals surface area contributed by atoms with E-state index in [1.807, 2.05) is 47.3 Å². The van der Waals surface area contributed by atoms with Crippen LogP contribution in [0.4, 0.5) is 0 Å². The topological polar surface area (TPSA) is 47.1 Å². The Kier molecular flexibility index (Phi) is 4.80. The summed E-state index contributed by atoms with van der Waals surface area (Å²) in [5.41, 5.74) is 8.56. The lowest BCUT2D eigenvalue weighted by molar-refractivity contribution is 0.104. The standard InChI is InChI=1S/C17H26N4/c1-5-20(6-2)17(3,4)16(18)15-12-13-19-21(15)14-10-8-7-9-11-14/h7-13,16H,5-6,18H2,1-4H3. The highest BCUT2D eigenvalue weighted by Gasteiger charge is 2.34. The first-order valence-electron chi connectivity index (χ1n) is 7.62. The number of likely N-dealkylation sites (N-methyl/N-ethyl adjacent to an activating group) is 1. The molecule has 0 aliphatic heterocycles. The molecule has 0 bridgehead atoms. The van der Waals surface area contributed by atoms with E-state index in [4.69, 9.17) is 5.73 Å². The Morgan fingerprint density at radius 2 is 1.76 bits per heavy atom. The van der Waals surface area contributed by atoms with Gasteiger partial charge < -0.3 is 5.73 Å². The summed E-state index contributed by atoms with van der Waals surface area (Å²) in [6.45, 7) is 10.7. The highest BCUT2D eigenvalue weighted by atomic mass is 15.3. The van der Waals surface area contributed by atoms with Gasteiger partial charge in [-0.25, -0.2) is 4.68 Å². The summed E-state index contributed by atoms with van der Waals surface area (Å²) in [6.07, 6.45) is 1.82. The SMILES string of the molecule is CCN(CC)C(C)(C)C(N)c1ccnn1-c1ccccc1. The lowest BCUT2D eigenvalue weighted by Gasteiger charge is -2.41. The molecule has 21 heavy (non-hydrogen) atoms. The number of benzene rings is 1. The maximum absolute atomic E-state index is 6.60. The fraction of sp³-hybridized carbons (Fsp3) is 0.471. The second-order valence-electron chi connectivity index (χ2n) is 5.81. The van der Waals surface area contributed by atoms with E-state index in [9.17, 15) is 0 Å². The number of rotatable bonds is 6. The van der Waals surface area contributed by atoms with E-state index in [1.165, 1.54) is 0 Å². The molecule has 0 spiro atoms. The predicted molar refractivity (Wildman–Crippen MR) is 87.5 cm³/mol. The van der Waals surface area contributed by atoms with E-state index < -0.39 is 0 Å². The van der Waals surface area contributed by atoms with Crippen LogP contribution in [0.2, 0.25) is 0 Å². The predicted octanol–water partition coefficient (Wildman–Crippen LogP) is 2.99. The van der Waals surface area contributed by atoms with Crippen molar-refractivity contribution in [3.63, 3.8) is 0 Å². The maximum Gasteiger partial charge on any atom is 0.0653 e. The third-order valence-electron chi connectivity index (χ3n) is 4.33. The second-order valence-corrected chi connectivity index (χ2v) is 5.81. The van der Waals surface area contributed by atoms with E-state index >= 15 is 0 Å². The van der Waals surface area contributed by atoms with Crippen LogP contribution >= 0.6 is 0 Å². The normalized spacial score (nSPS) is 13.6. The summed E-state index contributed by atoms with van der Waals surface area (Å²) < 4.78 is 1.94. The number of para-hydroxylation sites is 1. The molecule has 2 rings (SSSR count). The zero-order valence-electron chi connectivity index (χ0n) is 13.5. The van der Waals surface area contributed by atoms with Crippen molar-refractivity contribution >= 4 is 0 Å². The van der Waals surface area contributed by atoms with Gasteiger partial charge in [0.2, 0.25) is 0 Å². The van der Waals surface area contributed by atoms with Gasteiger partial charge in [0.25, 0.3) is 0 Å². The molecule has 0 fully saturated rings. The Morgan fingerprint density at radius 3 is 2.33 bits per heavy atom. The van der Waals surface area contributed by atoms with Crippen molar-refractivity contribution in [2.24, 2.45) is 5.73 Å². The van der Waals surface area contributed by atoms with Crippen molar-refractivity contribution in [3.05, 3.63) is 48.3 Å². The summed E-state index contributed by atoms with van der Waals surface area (Å²) in [5.74, 6) is 0. The van der Waals surface area contributed by atoms with Crippen LogP contribution in [0.25, 0.3) is 5.69 Å². The molecular formula is C17H26N4. The Morgan fingerprint density at radius 1 is 1.14 bits per heavy atom. The quantitative estimate of drug-likeness (QED) is 0.888. The first-order valence-corrected chi connectivity index (χ1v) is 7.62. The molecule has 0 aliphatic carbocycles. The average Bonchev–Trinajstić information content (AvgIpc) is 2.97. The molecule has 1 heterocycles. The van der Waals surface area contributed by atoms with Crippen molar-refractivity contribution in [1.29, 1.82) is 0 Å². The summed E-state index contributed by atoms with van der Waals surface area (Å²) >= 11 is 0. The van der Waals surface area contributed by atoms with Gasteiger partial charge in [-0.05, 0) is 45.1 Å². The molecule has 1 aromatic carbocycles. The van der Waals surface area contributed by atoms with Crippen LogP contribution in [0.1, 0.15) is 39.4 Å². The molecule has 0 radical (unpaired) electrons. The van der Waals surface area contributed by atoms with E-state index in [-0.39, 0.29) is 11.6 Å². The van der Waals surface area contributed by atoms with Crippen LogP contribution in [-0.4, -0.2) is 33.3 Å². The monoisotopic (exact) mass is 286 g/mol. The van der Waals surface area contributed by atoms with E-state index in [1.54, 1.807) is 0 Å². The molecule has 0 amide bonds. The first kappa shape index (κ1) is 15.7. The van der Waals surface area contributed by atoms with E-state index in [0.29, 0.717) is 0 Å². The van der Waals surface area contributed by atoms with Gasteiger partial charge in [-0.2, -0.15) is 5.10 Å². The third-order valence-corrected chi connectivity index (χ3v) is 4.33. The molecular weight excluding hydrogens is 260 g/mol. The molecule has 4 heteroatoms. The summed E-state index contributed by atoms with van der Waals surface area (Å²) in [6, 6.07) is 12.0. The Hall–Kier alpha value is -1.65. The minimum absolute atomic E-state index is 0.111. The molecule has 1 aromatic heterocycles. The summed E-state index contributed by atoms with van der Waals surface area (Å²) in [7, 11) is 0. The molecule has 1 atom stereocenters. The lowest BCUT2D eigenvalue weighted by atomic mass is 9.90. The van der Waals surface area contributed by atoms with Crippen molar-refractivity contribution < 1.29 is 0 Å². The van der Waals surface area contributed by atoms with E-state index in [2.05, 4.69) is 37.7 Å². The minimum Gasteiger partial charge on any atom is -0.321 e. The van der Waals surface area contributed by atoms with Gasteiger partial charge in [0, 0.05) is 11.7 Å². The van der Waals surface area contributed by atoms with Crippen molar-refractivity contribution in [2.75, 3.05) is 13.1 Å². The van der Waals surface area contributed by atoms with Crippen molar-refractivity contribution in [2.45, 2.75) is 39.3 Å². The highest BCUT2D eigenvalue weighted by molar-refractivity contribution is 5.33. The van der Waals surface area contributed by atoms with Crippen LogP contribution in [0.3, 0.4) is 0 Å². The molecule has 1 unspecified atom stereocenters. The number of hydrogen-bond donors (Lipinski definition) is 1. The Balaban J connectivity index is 2.37. The number of aromatic nitrogens is 2. The molecule has 4 nitrogen and oxygen atoms in total. The fourth-order valence-electron chi connectivity index (χ4n) is 2.93. The van der Waals surface area contributed by atoms with Crippen LogP contribution in [0, 0.1) is 0 Å². The van der Waals surface area contributed by atoms with Gasteiger partial charge in [-0.3, -0.25) is 4.90 Å². The number of hydrogen-bond acceptors (Lipinski definition) is 3. The smallest absolute Gasteiger partial charge is 0.0653 e. The second kappa shape index (κ2) is 6.41. The molecule has 114 valence electrons. The fourth-order valence-corrected chi connectivity index (χ4v) is 2.93. The number of nitrogens with zero attached hydrogens (tertiary/aromatic N) is 3. The third kappa shape index (κ3) is 3.01. The molecule has 2 N–H and O–H groups in total.